The van der Waals surface area contributed by atoms with Crippen molar-refractivity contribution in [2.45, 2.75) is 44.6 Å². The Morgan fingerprint density at radius 1 is 1.05 bits per heavy atom. The van der Waals surface area contributed by atoms with E-state index in [-0.39, 0.29) is 6.61 Å². The zero-order valence-corrected chi connectivity index (χ0v) is 13.3. The van der Waals surface area contributed by atoms with Crippen LogP contribution in [0.15, 0.2) is 18.2 Å². The van der Waals surface area contributed by atoms with E-state index in [9.17, 15) is 5.11 Å². The van der Waals surface area contributed by atoms with E-state index in [0.717, 1.165) is 25.9 Å². The van der Waals surface area contributed by atoms with Gasteiger partial charge in [-0.15, -0.1) is 0 Å². The molecule has 0 bridgehead atoms. The Hall–Kier alpha value is -0.280. The van der Waals surface area contributed by atoms with E-state index in [0.29, 0.717) is 16.1 Å². The maximum absolute atomic E-state index is 9.34. The van der Waals surface area contributed by atoms with Gasteiger partial charge in [0.1, 0.15) is 0 Å². The highest BCUT2D eigenvalue weighted by molar-refractivity contribution is 6.42. The SMILES string of the molecule is OCCC(Cc1ccc(Cl)c(Cl)c1)N1CCCCCC1. The molecule has 1 aromatic rings. The molecule has 1 fully saturated rings. The van der Waals surface area contributed by atoms with E-state index in [4.69, 9.17) is 23.2 Å². The monoisotopic (exact) mass is 315 g/mol. The van der Waals surface area contributed by atoms with Gasteiger partial charge >= 0.3 is 0 Å². The van der Waals surface area contributed by atoms with E-state index >= 15 is 0 Å². The Kier molecular flexibility index (Phi) is 6.63. The number of nitrogens with zero attached hydrogens (tertiary/aromatic N) is 1. The van der Waals surface area contributed by atoms with Crippen molar-refractivity contribution in [3.05, 3.63) is 33.8 Å². The van der Waals surface area contributed by atoms with Crippen molar-refractivity contribution >= 4 is 23.2 Å². The molecular weight excluding hydrogens is 293 g/mol. The highest BCUT2D eigenvalue weighted by Gasteiger charge is 2.20. The fraction of sp³-hybridized carbons (Fsp3) is 0.625. The number of halogens is 2. The number of likely N-dealkylation sites (tertiary alicyclic amines) is 1. The van der Waals surface area contributed by atoms with E-state index < -0.39 is 0 Å². The molecule has 2 rings (SSSR count). The number of rotatable bonds is 5. The van der Waals surface area contributed by atoms with Gasteiger partial charge in [-0.3, -0.25) is 4.90 Å². The van der Waals surface area contributed by atoms with Gasteiger partial charge in [-0.1, -0.05) is 42.1 Å². The quantitative estimate of drug-likeness (QED) is 0.881. The van der Waals surface area contributed by atoms with Gasteiger partial charge in [-0.05, 0) is 56.5 Å². The standard InChI is InChI=1S/C16H23Cl2NO/c17-15-6-5-13(12-16(15)18)11-14(7-10-20)19-8-3-1-2-4-9-19/h5-6,12,14,20H,1-4,7-11H2. The first kappa shape index (κ1) is 16.1. The van der Waals surface area contributed by atoms with Gasteiger partial charge in [0.15, 0.2) is 0 Å². The van der Waals surface area contributed by atoms with Crippen molar-refractivity contribution in [2.75, 3.05) is 19.7 Å². The number of benzene rings is 1. The summed E-state index contributed by atoms with van der Waals surface area (Å²) in [7, 11) is 0. The topological polar surface area (TPSA) is 23.5 Å². The smallest absolute Gasteiger partial charge is 0.0595 e. The highest BCUT2D eigenvalue weighted by atomic mass is 35.5. The molecule has 1 N–H and O–H groups in total. The predicted octanol–water partition coefficient (Wildman–Crippen LogP) is 4.16. The van der Waals surface area contributed by atoms with Crippen molar-refractivity contribution in [3.63, 3.8) is 0 Å². The van der Waals surface area contributed by atoms with E-state index in [1.807, 2.05) is 18.2 Å². The van der Waals surface area contributed by atoms with E-state index in [2.05, 4.69) is 4.90 Å². The third kappa shape index (κ3) is 4.63. The lowest BCUT2D eigenvalue weighted by Crippen LogP contribution is -2.38. The van der Waals surface area contributed by atoms with Gasteiger partial charge in [0.2, 0.25) is 0 Å². The molecule has 1 heterocycles. The summed E-state index contributed by atoms with van der Waals surface area (Å²) < 4.78 is 0. The number of hydrogen-bond acceptors (Lipinski definition) is 2. The lowest BCUT2D eigenvalue weighted by atomic mass is 10.0. The van der Waals surface area contributed by atoms with Crippen LogP contribution in [0.2, 0.25) is 10.0 Å². The van der Waals surface area contributed by atoms with Crippen molar-refractivity contribution in [2.24, 2.45) is 0 Å². The average molecular weight is 316 g/mol. The third-order valence-corrected chi connectivity index (χ3v) is 4.81. The van der Waals surface area contributed by atoms with Crippen molar-refractivity contribution in [1.82, 2.24) is 4.90 Å². The van der Waals surface area contributed by atoms with Gasteiger partial charge in [-0.2, -0.15) is 0 Å². The molecule has 1 saturated heterocycles. The fourth-order valence-electron chi connectivity index (χ4n) is 2.96. The van der Waals surface area contributed by atoms with Gasteiger partial charge < -0.3 is 5.11 Å². The summed E-state index contributed by atoms with van der Waals surface area (Å²) in [6.07, 6.45) is 6.94. The third-order valence-electron chi connectivity index (χ3n) is 4.07. The zero-order valence-electron chi connectivity index (χ0n) is 11.8. The predicted molar refractivity (Wildman–Crippen MR) is 85.7 cm³/mol. The lowest BCUT2D eigenvalue weighted by Gasteiger charge is -2.30. The molecular formula is C16H23Cl2NO. The van der Waals surface area contributed by atoms with Crippen molar-refractivity contribution in [1.29, 1.82) is 0 Å². The molecule has 0 radical (unpaired) electrons. The van der Waals surface area contributed by atoms with Crippen LogP contribution in [0.25, 0.3) is 0 Å². The van der Waals surface area contributed by atoms with Crippen molar-refractivity contribution < 1.29 is 5.11 Å². The largest absolute Gasteiger partial charge is 0.396 e. The van der Waals surface area contributed by atoms with Crippen LogP contribution in [-0.2, 0) is 6.42 Å². The highest BCUT2D eigenvalue weighted by Crippen LogP contribution is 2.25. The van der Waals surface area contributed by atoms with Gasteiger partial charge in [0, 0.05) is 12.6 Å². The minimum Gasteiger partial charge on any atom is -0.396 e. The number of aliphatic hydroxyl groups is 1. The molecule has 0 saturated carbocycles. The maximum Gasteiger partial charge on any atom is 0.0595 e. The summed E-state index contributed by atoms with van der Waals surface area (Å²) in [6.45, 7) is 2.53. The summed E-state index contributed by atoms with van der Waals surface area (Å²) in [6, 6.07) is 6.25. The summed E-state index contributed by atoms with van der Waals surface area (Å²) in [5, 5.41) is 10.6. The zero-order chi connectivity index (χ0) is 14.4. The van der Waals surface area contributed by atoms with Crippen LogP contribution >= 0.6 is 23.2 Å². The first-order valence-electron chi connectivity index (χ1n) is 7.49. The molecule has 1 atom stereocenters. The molecule has 112 valence electrons. The van der Waals surface area contributed by atoms with Gasteiger partial charge in [-0.25, -0.2) is 0 Å². The van der Waals surface area contributed by atoms with Crippen LogP contribution in [0.4, 0.5) is 0 Å². The second kappa shape index (κ2) is 8.23. The maximum atomic E-state index is 9.34. The molecule has 4 heteroatoms. The molecule has 1 aliphatic heterocycles. The molecule has 0 spiro atoms. The molecule has 20 heavy (non-hydrogen) atoms. The Morgan fingerprint density at radius 3 is 2.35 bits per heavy atom. The van der Waals surface area contributed by atoms with Crippen molar-refractivity contribution in [3.8, 4) is 0 Å². The van der Waals surface area contributed by atoms with Gasteiger partial charge in [0.25, 0.3) is 0 Å². The second-order valence-electron chi connectivity index (χ2n) is 5.57. The first-order valence-corrected chi connectivity index (χ1v) is 8.25. The van der Waals surface area contributed by atoms with Crippen LogP contribution in [0, 0.1) is 0 Å². The summed E-state index contributed by atoms with van der Waals surface area (Å²) in [5.74, 6) is 0. The molecule has 0 aromatic heterocycles. The van der Waals surface area contributed by atoms with E-state index in [1.165, 1.54) is 31.2 Å². The Labute approximate surface area is 131 Å². The van der Waals surface area contributed by atoms with Crippen LogP contribution in [0.5, 0.6) is 0 Å². The molecule has 0 aliphatic carbocycles. The summed E-state index contributed by atoms with van der Waals surface area (Å²) >= 11 is 12.1. The second-order valence-corrected chi connectivity index (χ2v) is 6.38. The van der Waals surface area contributed by atoms with Crippen LogP contribution in [-0.4, -0.2) is 35.7 Å². The average Bonchev–Trinajstić information content (AvgIpc) is 2.71. The fourth-order valence-corrected chi connectivity index (χ4v) is 3.28. The molecule has 1 unspecified atom stereocenters. The number of aliphatic hydroxyl groups excluding tert-OH is 1. The molecule has 2 nitrogen and oxygen atoms in total. The Morgan fingerprint density at radius 2 is 1.75 bits per heavy atom. The molecule has 0 amide bonds. The summed E-state index contributed by atoms with van der Waals surface area (Å²) in [4.78, 5) is 2.53. The van der Waals surface area contributed by atoms with Crippen LogP contribution < -0.4 is 0 Å². The lowest BCUT2D eigenvalue weighted by molar-refractivity contribution is 0.160. The first-order chi connectivity index (χ1) is 9.70. The Balaban J connectivity index is 2.05. The van der Waals surface area contributed by atoms with Crippen LogP contribution in [0.1, 0.15) is 37.7 Å². The van der Waals surface area contributed by atoms with Gasteiger partial charge in [0.05, 0.1) is 10.0 Å². The normalized spacial score (nSPS) is 18.8. The van der Waals surface area contributed by atoms with E-state index in [1.54, 1.807) is 0 Å². The molecule has 1 aliphatic rings. The molecule has 1 aromatic carbocycles. The summed E-state index contributed by atoms with van der Waals surface area (Å²) in [5.41, 5.74) is 1.20. The Bertz CT molecular complexity index is 417. The minimum absolute atomic E-state index is 0.239. The van der Waals surface area contributed by atoms with Crippen LogP contribution in [0.3, 0.4) is 0 Å². The number of hydrogen-bond donors (Lipinski definition) is 1. The minimum atomic E-state index is 0.239.